The van der Waals surface area contributed by atoms with E-state index < -0.39 is 0 Å². The largest absolute Gasteiger partial charge is 0.492 e. The fourth-order valence-corrected chi connectivity index (χ4v) is 3.45. The van der Waals surface area contributed by atoms with Gasteiger partial charge in [-0.05, 0) is 62.7 Å². The van der Waals surface area contributed by atoms with Gasteiger partial charge in [-0.25, -0.2) is 0 Å². The van der Waals surface area contributed by atoms with Crippen molar-refractivity contribution in [2.45, 2.75) is 26.3 Å². The number of ether oxygens (including phenoxy) is 1. The summed E-state index contributed by atoms with van der Waals surface area (Å²) in [6.45, 7) is 5.88. The lowest BCUT2D eigenvalue weighted by molar-refractivity contribution is -0.126. The molecule has 2 aromatic carbocycles. The SMILES string of the molecule is Cc1ccc(OCCNC(=O)C2CCN(Cc3ccc(Cl)cc3)CC2)cc1. The van der Waals surface area contributed by atoms with Crippen LogP contribution in [0.4, 0.5) is 0 Å². The molecule has 2 aromatic rings. The summed E-state index contributed by atoms with van der Waals surface area (Å²) < 4.78 is 5.66. The van der Waals surface area contributed by atoms with E-state index in [0.717, 1.165) is 43.2 Å². The summed E-state index contributed by atoms with van der Waals surface area (Å²) in [4.78, 5) is 14.8. The van der Waals surface area contributed by atoms with Gasteiger partial charge in [0.15, 0.2) is 0 Å². The average Bonchev–Trinajstić information content (AvgIpc) is 2.69. The summed E-state index contributed by atoms with van der Waals surface area (Å²) in [5.41, 5.74) is 2.47. The van der Waals surface area contributed by atoms with Crippen molar-refractivity contribution >= 4 is 17.5 Å². The number of hydrogen-bond acceptors (Lipinski definition) is 3. The Labute approximate surface area is 166 Å². The van der Waals surface area contributed by atoms with Crippen LogP contribution in [0.3, 0.4) is 0 Å². The maximum Gasteiger partial charge on any atom is 0.223 e. The standard InChI is InChI=1S/C22H27ClN2O2/c1-17-2-8-21(9-3-17)27-15-12-24-22(26)19-10-13-25(14-11-19)16-18-4-6-20(23)7-5-18/h2-9,19H,10-16H2,1H3,(H,24,26). The summed E-state index contributed by atoms with van der Waals surface area (Å²) in [6.07, 6.45) is 1.80. The maximum atomic E-state index is 12.4. The van der Waals surface area contributed by atoms with Crippen molar-refractivity contribution in [1.29, 1.82) is 0 Å². The van der Waals surface area contributed by atoms with Crippen LogP contribution in [0, 0.1) is 12.8 Å². The van der Waals surface area contributed by atoms with Gasteiger partial charge in [0, 0.05) is 17.5 Å². The molecule has 0 aliphatic carbocycles. The minimum absolute atomic E-state index is 0.103. The molecular formula is C22H27ClN2O2. The molecule has 0 unspecified atom stereocenters. The molecule has 1 saturated heterocycles. The Balaban J connectivity index is 1.33. The number of aryl methyl sites for hydroxylation is 1. The highest BCUT2D eigenvalue weighted by molar-refractivity contribution is 6.30. The first-order valence-corrected chi connectivity index (χ1v) is 9.92. The highest BCUT2D eigenvalue weighted by Crippen LogP contribution is 2.20. The first kappa shape index (κ1) is 19.7. The molecule has 1 heterocycles. The Morgan fingerprint density at radius 1 is 1.11 bits per heavy atom. The Hall–Kier alpha value is -2.04. The lowest BCUT2D eigenvalue weighted by Gasteiger charge is -2.31. The van der Waals surface area contributed by atoms with Crippen molar-refractivity contribution in [3.63, 3.8) is 0 Å². The third-order valence-electron chi connectivity index (χ3n) is 4.97. The molecule has 144 valence electrons. The quantitative estimate of drug-likeness (QED) is 0.730. The molecule has 27 heavy (non-hydrogen) atoms. The van der Waals surface area contributed by atoms with Gasteiger partial charge in [-0.1, -0.05) is 41.4 Å². The lowest BCUT2D eigenvalue weighted by atomic mass is 9.95. The number of halogens is 1. The summed E-state index contributed by atoms with van der Waals surface area (Å²) in [5.74, 6) is 1.09. The van der Waals surface area contributed by atoms with E-state index in [9.17, 15) is 4.79 Å². The number of nitrogens with zero attached hydrogens (tertiary/aromatic N) is 1. The molecule has 1 aliphatic rings. The molecular weight excluding hydrogens is 360 g/mol. The lowest BCUT2D eigenvalue weighted by Crippen LogP contribution is -2.41. The van der Waals surface area contributed by atoms with Crippen LogP contribution in [-0.2, 0) is 11.3 Å². The number of carbonyl (C=O) groups is 1. The molecule has 0 saturated carbocycles. The highest BCUT2D eigenvalue weighted by Gasteiger charge is 2.24. The van der Waals surface area contributed by atoms with Gasteiger partial charge in [-0.3, -0.25) is 9.69 Å². The van der Waals surface area contributed by atoms with Gasteiger partial charge >= 0.3 is 0 Å². The smallest absolute Gasteiger partial charge is 0.223 e. The Morgan fingerprint density at radius 2 is 1.78 bits per heavy atom. The molecule has 1 amide bonds. The number of nitrogens with one attached hydrogen (secondary N) is 1. The Morgan fingerprint density at radius 3 is 2.44 bits per heavy atom. The van der Waals surface area contributed by atoms with Crippen LogP contribution < -0.4 is 10.1 Å². The summed E-state index contributed by atoms with van der Waals surface area (Å²) in [5, 5.41) is 3.77. The van der Waals surface area contributed by atoms with Crippen LogP contribution >= 0.6 is 11.6 Å². The second-order valence-electron chi connectivity index (χ2n) is 7.13. The molecule has 5 heteroatoms. The van der Waals surface area contributed by atoms with Crippen molar-refractivity contribution in [1.82, 2.24) is 10.2 Å². The monoisotopic (exact) mass is 386 g/mol. The fraction of sp³-hybridized carbons (Fsp3) is 0.409. The molecule has 0 spiro atoms. The fourth-order valence-electron chi connectivity index (χ4n) is 3.32. The topological polar surface area (TPSA) is 41.6 Å². The van der Waals surface area contributed by atoms with E-state index >= 15 is 0 Å². The molecule has 1 aliphatic heterocycles. The van der Waals surface area contributed by atoms with Crippen LogP contribution in [-0.4, -0.2) is 37.0 Å². The van der Waals surface area contributed by atoms with Crippen LogP contribution in [0.5, 0.6) is 5.75 Å². The number of likely N-dealkylation sites (tertiary alicyclic amines) is 1. The molecule has 0 aromatic heterocycles. The number of rotatable bonds is 7. The molecule has 4 nitrogen and oxygen atoms in total. The van der Waals surface area contributed by atoms with Crippen LogP contribution in [0.25, 0.3) is 0 Å². The van der Waals surface area contributed by atoms with E-state index in [1.54, 1.807) is 0 Å². The van der Waals surface area contributed by atoms with E-state index in [4.69, 9.17) is 16.3 Å². The zero-order valence-corrected chi connectivity index (χ0v) is 16.5. The van der Waals surface area contributed by atoms with E-state index in [1.807, 2.05) is 43.3 Å². The molecule has 1 N–H and O–H groups in total. The minimum atomic E-state index is 0.103. The number of amides is 1. The highest BCUT2D eigenvalue weighted by atomic mass is 35.5. The average molecular weight is 387 g/mol. The van der Waals surface area contributed by atoms with Crippen LogP contribution in [0.2, 0.25) is 5.02 Å². The van der Waals surface area contributed by atoms with Gasteiger partial charge in [-0.15, -0.1) is 0 Å². The van der Waals surface area contributed by atoms with E-state index in [0.29, 0.717) is 13.2 Å². The molecule has 3 rings (SSSR count). The zero-order valence-electron chi connectivity index (χ0n) is 15.8. The van der Waals surface area contributed by atoms with Crippen molar-refractivity contribution < 1.29 is 9.53 Å². The van der Waals surface area contributed by atoms with Crippen molar-refractivity contribution in [3.05, 3.63) is 64.7 Å². The molecule has 0 bridgehead atoms. The molecule has 0 radical (unpaired) electrons. The Kier molecular flexibility index (Phi) is 7.13. The molecule has 1 fully saturated rings. The normalized spacial score (nSPS) is 15.5. The first-order valence-electron chi connectivity index (χ1n) is 9.54. The third-order valence-corrected chi connectivity index (χ3v) is 5.22. The maximum absolute atomic E-state index is 12.4. The number of carbonyl (C=O) groups excluding carboxylic acids is 1. The first-order chi connectivity index (χ1) is 13.1. The predicted molar refractivity (Wildman–Crippen MR) is 109 cm³/mol. The van der Waals surface area contributed by atoms with Crippen LogP contribution in [0.1, 0.15) is 24.0 Å². The van der Waals surface area contributed by atoms with Crippen molar-refractivity contribution in [2.24, 2.45) is 5.92 Å². The van der Waals surface area contributed by atoms with Gasteiger partial charge in [-0.2, -0.15) is 0 Å². The van der Waals surface area contributed by atoms with Crippen molar-refractivity contribution in [2.75, 3.05) is 26.2 Å². The third kappa shape index (κ3) is 6.26. The van der Waals surface area contributed by atoms with Crippen LogP contribution in [0.15, 0.2) is 48.5 Å². The van der Waals surface area contributed by atoms with Gasteiger partial charge in [0.1, 0.15) is 12.4 Å². The summed E-state index contributed by atoms with van der Waals surface area (Å²) >= 11 is 5.93. The predicted octanol–water partition coefficient (Wildman–Crippen LogP) is 4.06. The summed E-state index contributed by atoms with van der Waals surface area (Å²) in [6, 6.07) is 15.9. The Bertz CT molecular complexity index is 723. The van der Waals surface area contributed by atoms with Gasteiger partial charge in [0.05, 0.1) is 6.54 Å². The van der Waals surface area contributed by atoms with E-state index in [-0.39, 0.29) is 11.8 Å². The number of hydrogen-bond donors (Lipinski definition) is 1. The zero-order chi connectivity index (χ0) is 19.1. The molecule has 0 atom stereocenters. The van der Waals surface area contributed by atoms with E-state index in [2.05, 4.69) is 22.3 Å². The van der Waals surface area contributed by atoms with Gasteiger partial charge in [0.2, 0.25) is 5.91 Å². The van der Waals surface area contributed by atoms with Gasteiger partial charge < -0.3 is 10.1 Å². The second kappa shape index (κ2) is 9.77. The van der Waals surface area contributed by atoms with E-state index in [1.165, 1.54) is 11.1 Å². The second-order valence-corrected chi connectivity index (χ2v) is 7.57. The van der Waals surface area contributed by atoms with Crippen molar-refractivity contribution in [3.8, 4) is 5.75 Å². The number of benzene rings is 2. The number of piperidine rings is 1. The van der Waals surface area contributed by atoms with Gasteiger partial charge in [0.25, 0.3) is 0 Å². The minimum Gasteiger partial charge on any atom is -0.492 e. The summed E-state index contributed by atoms with van der Waals surface area (Å²) in [7, 11) is 0.